The molecule has 4 nitrogen and oxygen atoms in total. The van der Waals surface area contributed by atoms with Crippen LogP contribution in [0, 0.1) is 5.82 Å². The molecule has 0 aliphatic carbocycles. The van der Waals surface area contributed by atoms with Crippen LogP contribution < -0.4 is 4.90 Å². The van der Waals surface area contributed by atoms with Crippen molar-refractivity contribution in [2.24, 2.45) is 0 Å². The second-order valence-corrected chi connectivity index (χ2v) is 6.20. The lowest BCUT2D eigenvalue weighted by atomic mass is 10.2. The van der Waals surface area contributed by atoms with E-state index in [9.17, 15) is 9.18 Å². The first-order chi connectivity index (χ1) is 12.6. The third kappa shape index (κ3) is 4.80. The molecule has 3 aromatic rings. The Morgan fingerprint density at radius 3 is 2.50 bits per heavy atom. The lowest BCUT2D eigenvalue weighted by Crippen LogP contribution is -2.38. The molecule has 0 radical (unpaired) electrons. The number of hydrogen-bond donors (Lipinski definition) is 0. The van der Waals surface area contributed by atoms with Gasteiger partial charge in [0.25, 0.3) is 0 Å². The highest BCUT2D eigenvalue weighted by Crippen LogP contribution is 2.18. The van der Waals surface area contributed by atoms with Crippen LogP contribution in [0.4, 0.5) is 10.1 Å². The zero-order valence-electron chi connectivity index (χ0n) is 14.6. The normalized spacial score (nSPS) is 10.9. The van der Waals surface area contributed by atoms with Gasteiger partial charge in [-0.2, -0.15) is 0 Å². The molecule has 0 fully saturated rings. The highest BCUT2D eigenvalue weighted by Gasteiger charge is 2.19. The average molecular weight is 352 g/mol. The standard InChI is InChI=1S/C21H21FN2O2/c1-23(14-17-7-5-8-18(22)13-17)16-21(25)24(15-20-11-6-12-26-20)19-9-3-2-4-10-19/h2-13H,14-16H2,1H3. The van der Waals surface area contributed by atoms with Crippen molar-refractivity contribution < 1.29 is 13.6 Å². The van der Waals surface area contributed by atoms with Gasteiger partial charge in [-0.3, -0.25) is 9.69 Å². The lowest BCUT2D eigenvalue weighted by Gasteiger charge is -2.25. The molecule has 3 rings (SSSR count). The van der Waals surface area contributed by atoms with Crippen molar-refractivity contribution in [1.29, 1.82) is 0 Å². The van der Waals surface area contributed by atoms with E-state index in [-0.39, 0.29) is 18.3 Å². The molecule has 0 spiro atoms. The molecule has 0 bridgehead atoms. The van der Waals surface area contributed by atoms with Gasteiger partial charge in [0.1, 0.15) is 11.6 Å². The molecular formula is C21H21FN2O2. The maximum Gasteiger partial charge on any atom is 0.241 e. The summed E-state index contributed by atoms with van der Waals surface area (Å²) in [6, 6.07) is 19.6. The molecule has 0 aliphatic rings. The van der Waals surface area contributed by atoms with Gasteiger partial charge in [0.15, 0.2) is 0 Å². The Balaban J connectivity index is 1.70. The van der Waals surface area contributed by atoms with Crippen LogP contribution >= 0.6 is 0 Å². The first kappa shape index (κ1) is 17.9. The second kappa shape index (κ2) is 8.45. The Bertz CT molecular complexity index is 834. The SMILES string of the molecule is CN(CC(=O)N(Cc1ccco1)c1ccccc1)Cc1cccc(F)c1. The minimum Gasteiger partial charge on any atom is -0.467 e. The van der Waals surface area contributed by atoms with E-state index in [1.165, 1.54) is 12.1 Å². The molecule has 5 heteroatoms. The molecule has 1 amide bonds. The van der Waals surface area contributed by atoms with Crippen molar-refractivity contribution >= 4 is 11.6 Å². The quantitative estimate of drug-likeness (QED) is 0.643. The highest BCUT2D eigenvalue weighted by atomic mass is 19.1. The Hall–Kier alpha value is -2.92. The molecule has 0 saturated heterocycles. The average Bonchev–Trinajstić information content (AvgIpc) is 3.13. The fraction of sp³-hybridized carbons (Fsp3) is 0.190. The van der Waals surface area contributed by atoms with E-state index in [1.54, 1.807) is 23.3 Å². The van der Waals surface area contributed by atoms with Crippen LogP contribution in [0.15, 0.2) is 77.4 Å². The van der Waals surface area contributed by atoms with Crippen molar-refractivity contribution in [3.8, 4) is 0 Å². The number of furan rings is 1. The number of carbonyl (C=O) groups excluding carboxylic acids is 1. The number of hydrogen-bond acceptors (Lipinski definition) is 3. The van der Waals surface area contributed by atoms with E-state index in [1.807, 2.05) is 54.4 Å². The number of likely N-dealkylation sites (N-methyl/N-ethyl adjacent to an activating group) is 1. The van der Waals surface area contributed by atoms with Gasteiger partial charge in [-0.05, 0) is 49.0 Å². The minimum absolute atomic E-state index is 0.0495. The van der Waals surface area contributed by atoms with Gasteiger partial charge in [0.05, 0.1) is 19.4 Å². The Kier molecular flexibility index (Phi) is 5.81. The Morgan fingerprint density at radius 1 is 1.00 bits per heavy atom. The summed E-state index contributed by atoms with van der Waals surface area (Å²) in [4.78, 5) is 16.5. The summed E-state index contributed by atoms with van der Waals surface area (Å²) in [5.41, 5.74) is 1.64. The van der Waals surface area contributed by atoms with Crippen LogP contribution in [0.1, 0.15) is 11.3 Å². The molecule has 26 heavy (non-hydrogen) atoms. The number of para-hydroxylation sites is 1. The fourth-order valence-electron chi connectivity index (χ4n) is 2.81. The van der Waals surface area contributed by atoms with Gasteiger partial charge in [0, 0.05) is 12.2 Å². The van der Waals surface area contributed by atoms with E-state index in [2.05, 4.69) is 0 Å². The summed E-state index contributed by atoms with van der Waals surface area (Å²) in [6.07, 6.45) is 1.60. The maximum absolute atomic E-state index is 13.3. The largest absolute Gasteiger partial charge is 0.467 e. The Morgan fingerprint density at radius 2 is 1.81 bits per heavy atom. The van der Waals surface area contributed by atoms with Crippen LogP contribution in [0.25, 0.3) is 0 Å². The number of nitrogens with zero attached hydrogens (tertiary/aromatic N) is 2. The topological polar surface area (TPSA) is 36.7 Å². The smallest absolute Gasteiger partial charge is 0.241 e. The first-order valence-electron chi connectivity index (χ1n) is 8.42. The minimum atomic E-state index is -0.272. The number of amides is 1. The van der Waals surface area contributed by atoms with Crippen molar-refractivity contribution in [2.75, 3.05) is 18.5 Å². The Labute approximate surface area is 152 Å². The van der Waals surface area contributed by atoms with Gasteiger partial charge >= 0.3 is 0 Å². The molecule has 1 aromatic heterocycles. The van der Waals surface area contributed by atoms with Crippen molar-refractivity contribution in [2.45, 2.75) is 13.1 Å². The monoisotopic (exact) mass is 352 g/mol. The molecule has 0 saturated carbocycles. The second-order valence-electron chi connectivity index (χ2n) is 6.20. The number of halogens is 1. The third-order valence-corrected chi connectivity index (χ3v) is 4.01. The van der Waals surface area contributed by atoms with Crippen LogP contribution in [0.2, 0.25) is 0 Å². The first-order valence-corrected chi connectivity index (χ1v) is 8.42. The lowest BCUT2D eigenvalue weighted by molar-refractivity contribution is -0.119. The number of carbonyl (C=O) groups is 1. The third-order valence-electron chi connectivity index (χ3n) is 4.01. The molecule has 0 N–H and O–H groups in total. The molecule has 0 aliphatic heterocycles. The van der Waals surface area contributed by atoms with Crippen molar-refractivity contribution in [3.05, 3.63) is 90.1 Å². The van der Waals surface area contributed by atoms with Crippen molar-refractivity contribution in [3.63, 3.8) is 0 Å². The van der Waals surface area contributed by atoms with Crippen LogP contribution in [-0.2, 0) is 17.9 Å². The summed E-state index contributed by atoms with van der Waals surface area (Å²) < 4.78 is 18.7. The van der Waals surface area contributed by atoms with Crippen molar-refractivity contribution in [1.82, 2.24) is 4.90 Å². The summed E-state index contributed by atoms with van der Waals surface area (Å²) in [5.74, 6) is 0.396. The zero-order chi connectivity index (χ0) is 18.4. The van der Waals surface area contributed by atoms with Crippen LogP contribution in [0.5, 0.6) is 0 Å². The van der Waals surface area contributed by atoms with Gasteiger partial charge in [0.2, 0.25) is 5.91 Å². The molecule has 0 atom stereocenters. The molecule has 2 aromatic carbocycles. The van der Waals surface area contributed by atoms with Gasteiger partial charge in [-0.25, -0.2) is 4.39 Å². The summed E-state index contributed by atoms with van der Waals surface area (Å²) in [7, 11) is 1.85. The van der Waals surface area contributed by atoms with E-state index in [0.717, 1.165) is 17.0 Å². The number of anilines is 1. The number of benzene rings is 2. The van der Waals surface area contributed by atoms with Crippen LogP contribution in [0.3, 0.4) is 0 Å². The molecule has 134 valence electrons. The van der Waals surface area contributed by atoms with Gasteiger partial charge in [-0.1, -0.05) is 30.3 Å². The van der Waals surface area contributed by atoms with Gasteiger partial charge < -0.3 is 9.32 Å². The maximum atomic E-state index is 13.3. The van der Waals surface area contributed by atoms with E-state index >= 15 is 0 Å². The van der Waals surface area contributed by atoms with E-state index in [4.69, 9.17) is 4.42 Å². The zero-order valence-corrected chi connectivity index (χ0v) is 14.6. The molecule has 1 heterocycles. The predicted molar refractivity (Wildman–Crippen MR) is 99.1 cm³/mol. The summed E-state index contributed by atoms with van der Waals surface area (Å²) in [6.45, 7) is 1.07. The summed E-state index contributed by atoms with van der Waals surface area (Å²) >= 11 is 0. The summed E-state index contributed by atoms with van der Waals surface area (Å²) in [5, 5.41) is 0. The van der Waals surface area contributed by atoms with E-state index < -0.39 is 0 Å². The predicted octanol–water partition coefficient (Wildman–Crippen LogP) is 4.08. The highest BCUT2D eigenvalue weighted by molar-refractivity contribution is 5.94. The van der Waals surface area contributed by atoms with Crippen LogP contribution in [-0.4, -0.2) is 24.4 Å². The molecule has 0 unspecified atom stereocenters. The fourth-order valence-corrected chi connectivity index (χ4v) is 2.81. The molecular weight excluding hydrogens is 331 g/mol. The number of rotatable bonds is 7. The van der Waals surface area contributed by atoms with Gasteiger partial charge in [-0.15, -0.1) is 0 Å². The van der Waals surface area contributed by atoms with E-state index in [0.29, 0.717) is 13.1 Å².